The van der Waals surface area contributed by atoms with Crippen LogP contribution in [-0.4, -0.2) is 27.3 Å². The summed E-state index contributed by atoms with van der Waals surface area (Å²) in [5.74, 6) is 6.31. The Kier molecular flexibility index (Phi) is 5.11. The van der Waals surface area contributed by atoms with Crippen LogP contribution in [0.2, 0.25) is 0 Å². The quantitative estimate of drug-likeness (QED) is 0.536. The van der Waals surface area contributed by atoms with Crippen molar-refractivity contribution in [1.82, 2.24) is 0 Å². The van der Waals surface area contributed by atoms with E-state index in [2.05, 4.69) is 11.8 Å². The predicted octanol–water partition coefficient (Wildman–Crippen LogP) is 2.47. The molecule has 0 heterocycles. The van der Waals surface area contributed by atoms with Crippen molar-refractivity contribution in [3.63, 3.8) is 0 Å². The minimum atomic E-state index is -0.503. The highest BCUT2D eigenvalue weighted by Crippen LogP contribution is 2.30. The summed E-state index contributed by atoms with van der Waals surface area (Å²) in [6.07, 6.45) is 0. The number of esters is 1. The van der Waals surface area contributed by atoms with E-state index >= 15 is 0 Å². The van der Waals surface area contributed by atoms with Gasteiger partial charge in [-0.05, 0) is 18.2 Å². The van der Waals surface area contributed by atoms with Crippen molar-refractivity contribution in [2.24, 2.45) is 0 Å². The lowest BCUT2D eigenvalue weighted by Crippen LogP contribution is -2.05. The minimum Gasteiger partial charge on any atom is -0.493 e. The molecular weight excluding hydrogens is 294 g/mol. The molecule has 0 aliphatic carbocycles. The van der Waals surface area contributed by atoms with Gasteiger partial charge in [-0.15, -0.1) is 0 Å². The van der Waals surface area contributed by atoms with Crippen molar-refractivity contribution >= 4 is 11.7 Å². The first-order valence-electron chi connectivity index (χ1n) is 6.81. The van der Waals surface area contributed by atoms with Gasteiger partial charge in [0.15, 0.2) is 11.5 Å². The molecule has 0 radical (unpaired) electrons. The van der Waals surface area contributed by atoms with Crippen molar-refractivity contribution < 1.29 is 19.0 Å². The summed E-state index contributed by atoms with van der Waals surface area (Å²) in [6, 6.07) is 10.4. The van der Waals surface area contributed by atoms with Gasteiger partial charge in [0, 0.05) is 22.9 Å². The molecule has 5 nitrogen and oxygen atoms in total. The Morgan fingerprint density at radius 2 is 1.57 bits per heavy atom. The SMILES string of the molecule is COC(=O)c1cc(OC)c(OC)cc1C#Cc1ccccc1N. The van der Waals surface area contributed by atoms with E-state index in [-0.39, 0.29) is 0 Å². The summed E-state index contributed by atoms with van der Waals surface area (Å²) >= 11 is 0. The van der Waals surface area contributed by atoms with Gasteiger partial charge in [-0.3, -0.25) is 0 Å². The number of ether oxygens (including phenoxy) is 3. The number of para-hydroxylation sites is 1. The summed E-state index contributed by atoms with van der Waals surface area (Å²) in [6.45, 7) is 0. The predicted molar refractivity (Wildman–Crippen MR) is 87.7 cm³/mol. The molecule has 0 atom stereocenters. The minimum absolute atomic E-state index is 0.298. The molecule has 2 aromatic carbocycles. The third-order valence-corrected chi connectivity index (χ3v) is 3.22. The number of hydrogen-bond donors (Lipinski definition) is 1. The standard InChI is InChI=1S/C18H17NO4/c1-21-16-10-13(9-8-12-6-4-5-7-15(12)19)14(18(20)23-3)11-17(16)22-2/h4-7,10-11H,19H2,1-3H3. The number of carbonyl (C=O) groups is 1. The molecule has 0 unspecified atom stereocenters. The van der Waals surface area contributed by atoms with Gasteiger partial charge in [-0.2, -0.15) is 0 Å². The summed E-state index contributed by atoms with van der Waals surface area (Å²) in [5, 5.41) is 0. The maximum absolute atomic E-state index is 12.0. The molecule has 0 bridgehead atoms. The smallest absolute Gasteiger partial charge is 0.339 e. The van der Waals surface area contributed by atoms with Gasteiger partial charge >= 0.3 is 5.97 Å². The maximum atomic E-state index is 12.0. The Labute approximate surface area is 135 Å². The second kappa shape index (κ2) is 7.23. The Morgan fingerprint density at radius 1 is 0.957 bits per heavy atom. The van der Waals surface area contributed by atoms with Gasteiger partial charge in [-0.1, -0.05) is 24.0 Å². The fourth-order valence-electron chi connectivity index (χ4n) is 2.01. The summed E-state index contributed by atoms with van der Waals surface area (Å²) in [4.78, 5) is 12.0. The highest BCUT2D eigenvalue weighted by molar-refractivity contribution is 5.93. The number of methoxy groups -OCH3 is 3. The summed E-state index contributed by atoms with van der Waals surface area (Å²) in [7, 11) is 4.32. The van der Waals surface area contributed by atoms with E-state index in [9.17, 15) is 4.79 Å². The number of anilines is 1. The highest BCUT2D eigenvalue weighted by Gasteiger charge is 2.16. The first kappa shape index (κ1) is 16.2. The Balaban J connectivity index is 2.57. The number of benzene rings is 2. The first-order valence-corrected chi connectivity index (χ1v) is 6.81. The topological polar surface area (TPSA) is 70.8 Å². The van der Waals surface area contributed by atoms with Crippen LogP contribution in [0, 0.1) is 11.8 Å². The van der Waals surface area contributed by atoms with E-state index in [4.69, 9.17) is 19.9 Å². The molecule has 0 aromatic heterocycles. The van der Waals surface area contributed by atoms with Crippen LogP contribution in [0.25, 0.3) is 0 Å². The lowest BCUT2D eigenvalue weighted by molar-refractivity contribution is 0.0600. The van der Waals surface area contributed by atoms with Crippen molar-refractivity contribution in [3.8, 4) is 23.3 Å². The van der Waals surface area contributed by atoms with Crippen LogP contribution in [-0.2, 0) is 4.74 Å². The number of rotatable bonds is 3. The van der Waals surface area contributed by atoms with Gasteiger partial charge in [0.2, 0.25) is 0 Å². The van der Waals surface area contributed by atoms with E-state index in [1.165, 1.54) is 21.3 Å². The maximum Gasteiger partial charge on any atom is 0.339 e. The van der Waals surface area contributed by atoms with E-state index in [1.54, 1.807) is 24.3 Å². The number of hydrogen-bond acceptors (Lipinski definition) is 5. The van der Waals surface area contributed by atoms with Crippen molar-refractivity contribution in [2.75, 3.05) is 27.1 Å². The third kappa shape index (κ3) is 3.55. The zero-order valence-corrected chi connectivity index (χ0v) is 13.2. The molecule has 0 saturated heterocycles. The van der Waals surface area contributed by atoms with Gasteiger partial charge in [0.25, 0.3) is 0 Å². The molecule has 2 rings (SSSR count). The molecule has 5 heteroatoms. The molecule has 0 fully saturated rings. The van der Waals surface area contributed by atoms with Crippen molar-refractivity contribution in [3.05, 3.63) is 53.1 Å². The van der Waals surface area contributed by atoms with Crippen LogP contribution in [0.15, 0.2) is 36.4 Å². The van der Waals surface area contributed by atoms with Crippen LogP contribution < -0.4 is 15.2 Å². The van der Waals surface area contributed by atoms with E-state index in [0.29, 0.717) is 33.9 Å². The fourth-order valence-corrected chi connectivity index (χ4v) is 2.01. The zero-order chi connectivity index (χ0) is 16.8. The molecular formula is C18H17NO4. The average molecular weight is 311 g/mol. The summed E-state index contributed by atoms with van der Waals surface area (Å²) in [5.41, 5.74) is 7.89. The van der Waals surface area contributed by atoms with Gasteiger partial charge in [0.1, 0.15) is 0 Å². The van der Waals surface area contributed by atoms with Crippen LogP contribution in [0.1, 0.15) is 21.5 Å². The fraction of sp³-hybridized carbons (Fsp3) is 0.167. The highest BCUT2D eigenvalue weighted by atomic mass is 16.5. The van der Waals surface area contributed by atoms with Crippen molar-refractivity contribution in [2.45, 2.75) is 0 Å². The Hall–Kier alpha value is -3.13. The second-order valence-corrected chi connectivity index (χ2v) is 4.58. The lowest BCUT2D eigenvalue weighted by Gasteiger charge is -2.10. The molecule has 118 valence electrons. The van der Waals surface area contributed by atoms with Crippen LogP contribution in [0.5, 0.6) is 11.5 Å². The molecule has 0 aliphatic rings. The second-order valence-electron chi connectivity index (χ2n) is 4.58. The average Bonchev–Trinajstić information content (AvgIpc) is 2.59. The normalized spacial score (nSPS) is 9.52. The largest absolute Gasteiger partial charge is 0.493 e. The van der Waals surface area contributed by atoms with Crippen LogP contribution in [0.3, 0.4) is 0 Å². The summed E-state index contributed by atoms with van der Waals surface area (Å²) < 4.78 is 15.3. The molecule has 0 saturated carbocycles. The Morgan fingerprint density at radius 3 is 2.17 bits per heavy atom. The molecule has 2 N–H and O–H groups in total. The molecule has 0 amide bonds. The number of nitrogens with two attached hydrogens (primary N) is 1. The first-order chi connectivity index (χ1) is 11.1. The zero-order valence-electron chi connectivity index (χ0n) is 13.2. The van der Waals surface area contributed by atoms with Crippen LogP contribution in [0.4, 0.5) is 5.69 Å². The van der Waals surface area contributed by atoms with Gasteiger partial charge < -0.3 is 19.9 Å². The Bertz CT molecular complexity index is 787. The van der Waals surface area contributed by atoms with E-state index < -0.39 is 5.97 Å². The van der Waals surface area contributed by atoms with E-state index in [0.717, 1.165) is 0 Å². The van der Waals surface area contributed by atoms with E-state index in [1.807, 2.05) is 12.1 Å². The monoisotopic (exact) mass is 311 g/mol. The lowest BCUT2D eigenvalue weighted by atomic mass is 10.1. The molecule has 23 heavy (non-hydrogen) atoms. The van der Waals surface area contributed by atoms with Crippen LogP contribution >= 0.6 is 0 Å². The molecule has 2 aromatic rings. The molecule has 0 spiro atoms. The number of carbonyl (C=O) groups excluding carboxylic acids is 1. The van der Waals surface area contributed by atoms with Gasteiger partial charge in [0.05, 0.1) is 26.9 Å². The van der Waals surface area contributed by atoms with Gasteiger partial charge in [-0.25, -0.2) is 4.79 Å². The van der Waals surface area contributed by atoms with Crippen molar-refractivity contribution in [1.29, 1.82) is 0 Å². The number of nitrogen functional groups attached to an aromatic ring is 1. The third-order valence-electron chi connectivity index (χ3n) is 3.22. The molecule has 0 aliphatic heterocycles.